The highest BCUT2D eigenvalue weighted by Gasteiger charge is 2.09. The number of anilines is 1. The van der Waals surface area contributed by atoms with Crippen LogP contribution in [0.2, 0.25) is 0 Å². The summed E-state index contributed by atoms with van der Waals surface area (Å²) >= 11 is 0. The zero-order valence-electron chi connectivity index (χ0n) is 13.3. The predicted molar refractivity (Wildman–Crippen MR) is 85.0 cm³/mol. The summed E-state index contributed by atoms with van der Waals surface area (Å²) in [6.07, 6.45) is 1.14. The molecule has 0 aliphatic heterocycles. The van der Waals surface area contributed by atoms with Crippen LogP contribution in [-0.2, 0) is 14.4 Å². The first-order valence-electron chi connectivity index (χ1n) is 7.37. The van der Waals surface area contributed by atoms with Crippen LogP contribution in [0.1, 0.15) is 43.7 Å². The number of amides is 3. The molecule has 0 bridgehead atoms. The van der Waals surface area contributed by atoms with E-state index in [2.05, 4.69) is 16.2 Å². The summed E-state index contributed by atoms with van der Waals surface area (Å²) in [4.78, 5) is 34.6. The van der Waals surface area contributed by atoms with Crippen LogP contribution in [0.25, 0.3) is 0 Å². The maximum absolute atomic E-state index is 11.8. The Morgan fingerprint density at radius 1 is 0.909 bits per heavy atom. The van der Waals surface area contributed by atoms with Crippen LogP contribution >= 0.6 is 0 Å². The fourth-order valence-corrected chi connectivity index (χ4v) is 1.80. The van der Waals surface area contributed by atoms with Gasteiger partial charge < -0.3 is 5.32 Å². The molecule has 1 aromatic rings. The number of carbonyl (C=O) groups excluding carboxylic acids is 3. The highest BCUT2D eigenvalue weighted by atomic mass is 16.2. The van der Waals surface area contributed by atoms with Crippen molar-refractivity contribution in [3.63, 3.8) is 0 Å². The van der Waals surface area contributed by atoms with E-state index >= 15 is 0 Å². The molecule has 0 aliphatic carbocycles. The van der Waals surface area contributed by atoms with Crippen LogP contribution in [0.15, 0.2) is 18.2 Å². The van der Waals surface area contributed by atoms with Crippen molar-refractivity contribution in [1.29, 1.82) is 0 Å². The van der Waals surface area contributed by atoms with E-state index in [0.717, 1.165) is 16.8 Å². The molecule has 3 N–H and O–H groups in total. The molecule has 3 amide bonds. The Balaban J connectivity index is 2.35. The molecule has 6 heteroatoms. The number of hydrogen-bond donors (Lipinski definition) is 3. The van der Waals surface area contributed by atoms with Gasteiger partial charge in [0.2, 0.25) is 17.7 Å². The topological polar surface area (TPSA) is 87.3 Å². The van der Waals surface area contributed by atoms with E-state index in [1.54, 1.807) is 0 Å². The van der Waals surface area contributed by atoms with Crippen LogP contribution < -0.4 is 16.2 Å². The van der Waals surface area contributed by atoms with E-state index in [-0.39, 0.29) is 30.6 Å². The Kier molecular flexibility index (Phi) is 7.08. The molecule has 1 aromatic carbocycles. The number of carbonyl (C=O) groups is 3. The maximum atomic E-state index is 11.8. The van der Waals surface area contributed by atoms with Gasteiger partial charge in [-0.25, -0.2) is 0 Å². The monoisotopic (exact) mass is 305 g/mol. The van der Waals surface area contributed by atoms with Gasteiger partial charge in [0.1, 0.15) is 0 Å². The molecular formula is C16H23N3O3. The number of benzene rings is 1. The lowest BCUT2D eigenvalue weighted by Gasteiger charge is -2.10. The van der Waals surface area contributed by atoms with Crippen molar-refractivity contribution in [3.05, 3.63) is 29.3 Å². The van der Waals surface area contributed by atoms with Gasteiger partial charge in [-0.05, 0) is 37.5 Å². The Labute approximate surface area is 130 Å². The van der Waals surface area contributed by atoms with E-state index in [9.17, 15) is 14.4 Å². The number of hydrogen-bond acceptors (Lipinski definition) is 3. The summed E-state index contributed by atoms with van der Waals surface area (Å²) in [5, 5.41) is 2.79. The zero-order chi connectivity index (χ0) is 16.5. The lowest BCUT2D eigenvalue weighted by Crippen LogP contribution is -2.41. The second kappa shape index (κ2) is 8.81. The number of nitrogens with one attached hydrogen (secondary N) is 3. The van der Waals surface area contributed by atoms with Gasteiger partial charge in [0.25, 0.3) is 0 Å². The van der Waals surface area contributed by atoms with Gasteiger partial charge in [0.05, 0.1) is 0 Å². The number of hydrazine groups is 1. The number of rotatable bonds is 6. The molecule has 0 aliphatic rings. The van der Waals surface area contributed by atoms with Gasteiger partial charge in [-0.2, -0.15) is 0 Å². The third-order valence-corrected chi connectivity index (χ3v) is 3.06. The molecule has 0 fully saturated rings. The van der Waals surface area contributed by atoms with Gasteiger partial charge in [-0.3, -0.25) is 25.2 Å². The lowest BCUT2D eigenvalue weighted by atomic mass is 10.1. The van der Waals surface area contributed by atoms with Crippen molar-refractivity contribution >= 4 is 23.4 Å². The van der Waals surface area contributed by atoms with E-state index in [4.69, 9.17) is 0 Å². The summed E-state index contributed by atoms with van der Waals surface area (Å²) in [6, 6.07) is 5.79. The minimum atomic E-state index is -0.388. The smallest absolute Gasteiger partial charge is 0.238 e. The van der Waals surface area contributed by atoms with Gasteiger partial charge in [0, 0.05) is 24.9 Å². The normalized spacial score (nSPS) is 9.95. The molecule has 0 heterocycles. The molecule has 6 nitrogen and oxygen atoms in total. The first kappa shape index (κ1) is 17.7. The van der Waals surface area contributed by atoms with Crippen LogP contribution in [0.4, 0.5) is 5.69 Å². The number of aryl methyl sites for hydroxylation is 2. The van der Waals surface area contributed by atoms with Gasteiger partial charge in [-0.1, -0.05) is 19.1 Å². The largest absolute Gasteiger partial charge is 0.326 e. The van der Waals surface area contributed by atoms with Crippen molar-refractivity contribution in [2.24, 2.45) is 0 Å². The Hall–Kier alpha value is -2.37. The minimum absolute atomic E-state index is 0.0170. The lowest BCUT2D eigenvalue weighted by molar-refractivity contribution is -0.129. The SMILES string of the molecule is CCCC(=O)NNC(=O)CCC(=O)Nc1cc(C)ccc1C. The van der Waals surface area contributed by atoms with Crippen molar-refractivity contribution in [3.8, 4) is 0 Å². The summed E-state index contributed by atoms with van der Waals surface area (Å²) in [5.74, 6) is -0.861. The summed E-state index contributed by atoms with van der Waals surface area (Å²) in [6.45, 7) is 5.73. The molecule has 0 aromatic heterocycles. The molecule has 120 valence electrons. The molecule has 0 unspecified atom stereocenters. The van der Waals surface area contributed by atoms with Crippen molar-refractivity contribution in [2.45, 2.75) is 46.5 Å². The average Bonchev–Trinajstić information content (AvgIpc) is 2.47. The Bertz CT molecular complexity index is 556. The third kappa shape index (κ3) is 6.39. The van der Waals surface area contributed by atoms with E-state index in [0.29, 0.717) is 12.8 Å². The van der Waals surface area contributed by atoms with Crippen LogP contribution in [-0.4, -0.2) is 17.7 Å². The second-order valence-electron chi connectivity index (χ2n) is 5.21. The highest BCUT2D eigenvalue weighted by Crippen LogP contribution is 2.16. The third-order valence-electron chi connectivity index (χ3n) is 3.06. The predicted octanol–water partition coefficient (Wildman–Crippen LogP) is 1.97. The van der Waals surface area contributed by atoms with Crippen molar-refractivity contribution < 1.29 is 14.4 Å². The molecule has 0 radical (unpaired) electrons. The molecule has 0 saturated heterocycles. The summed E-state index contributed by atoms with van der Waals surface area (Å²) < 4.78 is 0. The van der Waals surface area contributed by atoms with Gasteiger partial charge in [0.15, 0.2) is 0 Å². The standard InChI is InChI=1S/C16H23N3O3/c1-4-5-15(21)18-19-16(22)9-8-14(20)17-13-10-11(2)6-7-12(13)3/h6-7,10H,4-5,8-9H2,1-3H3,(H,17,20)(H,18,21)(H,19,22). The molecule has 0 spiro atoms. The first-order chi connectivity index (χ1) is 10.4. The quantitative estimate of drug-likeness (QED) is 0.702. The van der Waals surface area contributed by atoms with E-state index < -0.39 is 0 Å². The fourth-order valence-electron chi connectivity index (χ4n) is 1.80. The Morgan fingerprint density at radius 3 is 2.14 bits per heavy atom. The first-order valence-corrected chi connectivity index (χ1v) is 7.37. The zero-order valence-corrected chi connectivity index (χ0v) is 13.3. The maximum Gasteiger partial charge on any atom is 0.238 e. The van der Waals surface area contributed by atoms with Gasteiger partial charge in [-0.15, -0.1) is 0 Å². The van der Waals surface area contributed by atoms with Crippen LogP contribution in [0, 0.1) is 13.8 Å². The van der Waals surface area contributed by atoms with E-state index in [1.165, 1.54) is 0 Å². The summed E-state index contributed by atoms with van der Waals surface area (Å²) in [7, 11) is 0. The van der Waals surface area contributed by atoms with Crippen molar-refractivity contribution in [2.75, 3.05) is 5.32 Å². The van der Waals surface area contributed by atoms with E-state index in [1.807, 2.05) is 39.0 Å². The fraction of sp³-hybridized carbons (Fsp3) is 0.438. The van der Waals surface area contributed by atoms with Crippen LogP contribution in [0.5, 0.6) is 0 Å². The highest BCUT2D eigenvalue weighted by molar-refractivity contribution is 5.94. The molecule has 0 saturated carbocycles. The minimum Gasteiger partial charge on any atom is -0.326 e. The summed E-state index contributed by atoms with van der Waals surface area (Å²) in [5.41, 5.74) is 7.36. The second-order valence-corrected chi connectivity index (χ2v) is 5.21. The average molecular weight is 305 g/mol. The van der Waals surface area contributed by atoms with Crippen LogP contribution in [0.3, 0.4) is 0 Å². The Morgan fingerprint density at radius 2 is 1.50 bits per heavy atom. The molecule has 1 rings (SSSR count). The molecular weight excluding hydrogens is 282 g/mol. The van der Waals surface area contributed by atoms with Gasteiger partial charge >= 0.3 is 0 Å². The molecule has 22 heavy (non-hydrogen) atoms. The van der Waals surface area contributed by atoms with Crippen molar-refractivity contribution in [1.82, 2.24) is 10.9 Å². The molecule has 0 atom stereocenters.